The number of aromatic nitrogens is 1. The lowest BCUT2D eigenvalue weighted by molar-refractivity contribution is -0.124. The van der Waals surface area contributed by atoms with E-state index < -0.39 is 5.97 Å². The summed E-state index contributed by atoms with van der Waals surface area (Å²) in [6.07, 6.45) is 0. The van der Waals surface area contributed by atoms with E-state index in [4.69, 9.17) is 4.74 Å². The van der Waals surface area contributed by atoms with Gasteiger partial charge in [-0.05, 0) is 24.6 Å². The Morgan fingerprint density at radius 2 is 1.76 bits per heavy atom. The van der Waals surface area contributed by atoms with Crippen molar-refractivity contribution in [2.45, 2.75) is 13.5 Å². The number of benzene rings is 2. The molecule has 0 aliphatic heterocycles. The van der Waals surface area contributed by atoms with Gasteiger partial charge in [-0.3, -0.25) is 4.79 Å². The highest BCUT2D eigenvalue weighted by Gasteiger charge is 2.20. The van der Waals surface area contributed by atoms with Crippen LogP contribution >= 0.6 is 11.3 Å². The molecule has 0 unspecified atom stereocenters. The molecule has 2 aromatic carbocycles. The molecule has 29 heavy (non-hydrogen) atoms. The minimum atomic E-state index is -0.542. The summed E-state index contributed by atoms with van der Waals surface area (Å²) >= 11 is 1.26. The SMILES string of the molecule is Cc1nc(-c2ccccc2)c(C(=O)OCC(=O)NCc2ccc(N(C)C)cc2)s1. The largest absolute Gasteiger partial charge is 0.451 e. The second-order valence-corrected chi connectivity index (χ2v) is 7.89. The number of amides is 1. The summed E-state index contributed by atoms with van der Waals surface area (Å²) in [7, 11) is 3.94. The molecule has 1 aromatic heterocycles. The van der Waals surface area contributed by atoms with E-state index in [9.17, 15) is 9.59 Å². The number of esters is 1. The van der Waals surface area contributed by atoms with Crippen LogP contribution in [0.25, 0.3) is 11.3 Å². The number of hydrogen-bond acceptors (Lipinski definition) is 6. The Balaban J connectivity index is 1.55. The third-order valence-electron chi connectivity index (χ3n) is 4.24. The third-order valence-corrected chi connectivity index (χ3v) is 5.19. The van der Waals surface area contributed by atoms with E-state index in [1.165, 1.54) is 11.3 Å². The molecule has 6 nitrogen and oxygen atoms in total. The molecule has 0 atom stereocenters. The molecule has 1 N–H and O–H groups in total. The van der Waals surface area contributed by atoms with E-state index in [1.54, 1.807) is 0 Å². The zero-order valence-electron chi connectivity index (χ0n) is 16.6. The van der Waals surface area contributed by atoms with Gasteiger partial charge in [0.2, 0.25) is 0 Å². The summed E-state index contributed by atoms with van der Waals surface area (Å²) in [5.74, 6) is -0.891. The second-order valence-electron chi connectivity index (χ2n) is 6.69. The molecule has 0 aliphatic rings. The van der Waals surface area contributed by atoms with E-state index in [0.717, 1.165) is 21.8 Å². The highest BCUT2D eigenvalue weighted by molar-refractivity contribution is 7.14. The van der Waals surface area contributed by atoms with Crippen molar-refractivity contribution < 1.29 is 14.3 Å². The van der Waals surface area contributed by atoms with Crippen molar-refractivity contribution in [1.29, 1.82) is 0 Å². The van der Waals surface area contributed by atoms with Crippen molar-refractivity contribution in [2.75, 3.05) is 25.6 Å². The smallest absolute Gasteiger partial charge is 0.351 e. The number of anilines is 1. The minimum absolute atomic E-state index is 0.334. The fourth-order valence-electron chi connectivity index (χ4n) is 2.72. The van der Waals surface area contributed by atoms with Crippen molar-refractivity contribution in [3.63, 3.8) is 0 Å². The van der Waals surface area contributed by atoms with E-state index in [1.807, 2.05) is 80.5 Å². The van der Waals surface area contributed by atoms with Gasteiger partial charge in [-0.25, -0.2) is 9.78 Å². The van der Waals surface area contributed by atoms with Crippen molar-refractivity contribution in [3.8, 4) is 11.3 Å². The van der Waals surface area contributed by atoms with Gasteiger partial charge < -0.3 is 15.0 Å². The van der Waals surface area contributed by atoms with Gasteiger partial charge in [-0.2, -0.15) is 0 Å². The van der Waals surface area contributed by atoms with Gasteiger partial charge in [0, 0.05) is 31.9 Å². The van der Waals surface area contributed by atoms with Crippen LogP contribution in [0.1, 0.15) is 20.2 Å². The predicted octanol–water partition coefficient (Wildman–Crippen LogP) is 3.66. The predicted molar refractivity (Wildman–Crippen MR) is 115 cm³/mol. The van der Waals surface area contributed by atoms with Crippen LogP contribution in [-0.2, 0) is 16.1 Å². The zero-order valence-corrected chi connectivity index (χ0v) is 17.5. The Labute approximate surface area is 174 Å². The summed E-state index contributed by atoms with van der Waals surface area (Å²) in [5, 5.41) is 3.53. The van der Waals surface area contributed by atoms with E-state index >= 15 is 0 Å². The molecule has 0 saturated carbocycles. The van der Waals surface area contributed by atoms with Crippen LogP contribution in [0, 0.1) is 6.92 Å². The normalized spacial score (nSPS) is 10.4. The monoisotopic (exact) mass is 409 g/mol. The number of hydrogen-bond donors (Lipinski definition) is 1. The maximum atomic E-state index is 12.5. The van der Waals surface area contributed by atoms with Crippen LogP contribution in [0.15, 0.2) is 54.6 Å². The lowest BCUT2D eigenvalue weighted by Gasteiger charge is -2.13. The summed E-state index contributed by atoms with van der Waals surface area (Å²) in [6, 6.07) is 17.3. The van der Waals surface area contributed by atoms with Crippen molar-refractivity contribution in [1.82, 2.24) is 10.3 Å². The molecule has 0 fully saturated rings. The number of carbonyl (C=O) groups excluding carboxylic acids is 2. The van der Waals surface area contributed by atoms with Gasteiger partial charge in [-0.1, -0.05) is 42.5 Å². The summed E-state index contributed by atoms with van der Waals surface area (Å²) in [6.45, 7) is 1.88. The van der Waals surface area contributed by atoms with Crippen LogP contribution in [-0.4, -0.2) is 37.6 Å². The van der Waals surface area contributed by atoms with Crippen LogP contribution in [0.2, 0.25) is 0 Å². The summed E-state index contributed by atoms with van der Waals surface area (Å²) in [4.78, 5) is 31.4. The standard InChI is InChI=1S/C22H23N3O3S/c1-15-24-20(17-7-5-4-6-8-17)21(29-15)22(27)28-14-19(26)23-13-16-9-11-18(12-10-16)25(2)3/h4-12H,13-14H2,1-3H3,(H,23,26). The van der Waals surface area contributed by atoms with Crippen LogP contribution in [0.5, 0.6) is 0 Å². The summed E-state index contributed by atoms with van der Waals surface area (Å²) < 4.78 is 5.22. The maximum Gasteiger partial charge on any atom is 0.351 e. The fraction of sp³-hybridized carbons (Fsp3) is 0.227. The first-order valence-corrected chi connectivity index (χ1v) is 9.98. The van der Waals surface area contributed by atoms with Gasteiger partial charge in [0.15, 0.2) is 6.61 Å². The maximum absolute atomic E-state index is 12.5. The molecule has 1 amide bonds. The molecule has 3 aromatic rings. The molecule has 1 heterocycles. The van der Waals surface area contributed by atoms with E-state index in [-0.39, 0.29) is 12.5 Å². The number of thiazole rings is 1. The minimum Gasteiger partial charge on any atom is -0.451 e. The van der Waals surface area contributed by atoms with Gasteiger partial charge >= 0.3 is 5.97 Å². The van der Waals surface area contributed by atoms with Gasteiger partial charge in [0.05, 0.1) is 10.7 Å². The average Bonchev–Trinajstić information content (AvgIpc) is 3.13. The van der Waals surface area contributed by atoms with Gasteiger partial charge in [-0.15, -0.1) is 11.3 Å². The molecule has 0 saturated heterocycles. The lowest BCUT2D eigenvalue weighted by atomic mass is 10.1. The lowest BCUT2D eigenvalue weighted by Crippen LogP contribution is -2.28. The van der Waals surface area contributed by atoms with E-state index in [0.29, 0.717) is 17.1 Å². The van der Waals surface area contributed by atoms with Crippen molar-refractivity contribution >= 4 is 28.9 Å². The van der Waals surface area contributed by atoms with Crippen LogP contribution in [0.4, 0.5) is 5.69 Å². The quantitative estimate of drug-likeness (QED) is 0.603. The molecule has 0 spiro atoms. The number of ether oxygens (including phenoxy) is 1. The first-order chi connectivity index (χ1) is 13.9. The second kappa shape index (κ2) is 9.34. The van der Waals surface area contributed by atoms with Gasteiger partial charge in [0.1, 0.15) is 4.88 Å². The number of carbonyl (C=O) groups is 2. The Morgan fingerprint density at radius 3 is 2.41 bits per heavy atom. The topological polar surface area (TPSA) is 71.5 Å². The van der Waals surface area contributed by atoms with E-state index in [2.05, 4.69) is 10.3 Å². The highest BCUT2D eigenvalue weighted by Crippen LogP contribution is 2.28. The third kappa shape index (κ3) is 5.42. The van der Waals surface area contributed by atoms with Crippen molar-refractivity contribution in [2.24, 2.45) is 0 Å². The number of aryl methyl sites for hydroxylation is 1. The highest BCUT2D eigenvalue weighted by atomic mass is 32.1. The fourth-order valence-corrected chi connectivity index (χ4v) is 3.55. The molecule has 0 aliphatic carbocycles. The Bertz CT molecular complexity index is 982. The molecule has 0 bridgehead atoms. The first kappa shape index (κ1) is 20.5. The van der Waals surface area contributed by atoms with Crippen molar-refractivity contribution in [3.05, 3.63) is 70.0 Å². The Hall–Kier alpha value is -3.19. The number of nitrogens with one attached hydrogen (secondary N) is 1. The Kier molecular flexibility index (Phi) is 6.61. The van der Waals surface area contributed by atoms with Gasteiger partial charge in [0.25, 0.3) is 5.91 Å². The molecule has 150 valence electrons. The van der Waals surface area contributed by atoms with Crippen LogP contribution < -0.4 is 10.2 Å². The van der Waals surface area contributed by atoms with Crippen LogP contribution in [0.3, 0.4) is 0 Å². The molecule has 3 rings (SSSR count). The molecule has 0 radical (unpaired) electrons. The molecular weight excluding hydrogens is 386 g/mol. The molecule has 7 heteroatoms. The zero-order chi connectivity index (χ0) is 20.8. The number of nitrogens with zero attached hydrogens (tertiary/aromatic N) is 2. The number of rotatable bonds is 7. The average molecular weight is 410 g/mol. The summed E-state index contributed by atoms with van der Waals surface area (Å²) in [5.41, 5.74) is 3.48. The molecular formula is C22H23N3O3S. The Morgan fingerprint density at radius 1 is 1.07 bits per heavy atom. The first-order valence-electron chi connectivity index (χ1n) is 9.17.